The second-order valence-electron chi connectivity index (χ2n) is 5.71. The van der Waals surface area contributed by atoms with Gasteiger partial charge in [-0.05, 0) is 42.3 Å². The van der Waals surface area contributed by atoms with Crippen molar-refractivity contribution in [3.05, 3.63) is 90.0 Å². The third kappa shape index (κ3) is 5.01. The Hall–Kier alpha value is -2.94. The van der Waals surface area contributed by atoms with Crippen molar-refractivity contribution in [3.63, 3.8) is 0 Å². The maximum Gasteiger partial charge on any atom is 0.161 e. The van der Waals surface area contributed by atoms with Gasteiger partial charge in [-0.2, -0.15) is 0 Å². The third-order valence-electron chi connectivity index (χ3n) is 3.82. The first-order valence-electron chi connectivity index (χ1n) is 8.56. The lowest BCUT2D eigenvalue weighted by molar-refractivity contribution is 0.269. The molecule has 0 heterocycles. The Bertz CT molecular complexity index is 773. The van der Waals surface area contributed by atoms with Crippen molar-refractivity contribution in [1.29, 1.82) is 0 Å². The van der Waals surface area contributed by atoms with Gasteiger partial charge in [-0.15, -0.1) is 0 Å². The van der Waals surface area contributed by atoms with Gasteiger partial charge in [0.15, 0.2) is 11.5 Å². The molecular formula is C22H23NO2. The number of anilines is 1. The van der Waals surface area contributed by atoms with Crippen molar-refractivity contribution in [2.75, 3.05) is 11.9 Å². The largest absolute Gasteiger partial charge is 0.490 e. The molecule has 3 aromatic carbocycles. The lowest BCUT2D eigenvalue weighted by Gasteiger charge is -2.14. The van der Waals surface area contributed by atoms with Gasteiger partial charge >= 0.3 is 0 Å². The summed E-state index contributed by atoms with van der Waals surface area (Å²) < 4.78 is 11.7. The first-order chi connectivity index (χ1) is 12.3. The van der Waals surface area contributed by atoms with E-state index in [0.29, 0.717) is 13.2 Å². The molecule has 0 aromatic heterocycles. The van der Waals surface area contributed by atoms with Gasteiger partial charge in [-0.1, -0.05) is 54.6 Å². The van der Waals surface area contributed by atoms with Crippen LogP contribution in [0.25, 0.3) is 0 Å². The molecule has 3 nitrogen and oxygen atoms in total. The normalized spacial score (nSPS) is 10.3. The number of para-hydroxylation sites is 1. The zero-order chi connectivity index (χ0) is 17.3. The van der Waals surface area contributed by atoms with Gasteiger partial charge in [0.2, 0.25) is 0 Å². The fourth-order valence-electron chi connectivity index (χ4n) is 2.55. The van der Waals surface area contributed by atoms with Crippen LogP contribution in [0, 0.1) is 0 Å². The second-order valence-corrected chi connectivity index (χ2v) is 5.71. The van der Waals surface area contributed by atoms with E-state index >= 15 is 0 Å². The van der Waals surface area contributed by atoms with Gasteiger partial charge < -0.3 is 14.8 Å². The van der Waals surface area contributed by atoms with Crippen molar-refractivity contribution in [2.24, 2.45) is 0 Å². The van der Waals surface area contributed by atoms with E-state index in [1.807, 2.05) is 55.5 Å². The maximum absolute atomic E-state index is 5.95. The average Bonchev–Trinajstić information content (AvgIpc) is 2.67. The van der Waals surface area contributed by atoms with Crippen molar-refractivity contribution in [2.45, 2.75) is 20.1 Å². The minimum atomic E-state index is 0.530. The van der Waals surface area contributed by atoms with Crippen molar-refractivity contribution >= 4 is 5.69 Å². The Balaban J connectivity index is 1.67. The molecule has 0 radical (unpaired) electrons. The lowest BCUT2D eigenvalue weighted by atomic mass is 10.2. The van der Waals surface area contributed by atoms with Crippen molar-refractivity contribution in [1.82, 2.24) is 0 Å². The monoisotopic (exact) mass is 333 g/mol. The van der Waals surface area contributed by atoms with E-state index < -0.39 is 0 Å². The average molecular weight is 333 g/mol. The maximum atomic E-state index is 5.95. The summed E-state index contributed by atoms with van der Waals surface area (Å²) >= 11 is 0. The van der Waals surface area contributed by atoms with Crippen LogP contribution >= 0.6 is 0 Å². The molecule has 0 aliphatic heterocycles. The summed E-state index contributed by atoms with van der Waals surface area (Å²) in [4.78, 5) is 0. The molecule has 128 valence electrons. The summed E-state index contributed by atoms with van der Waals surface area (Å²) in [6.45, 7) is 3.86. The standard InChI is InChI=1S/C22H23NO2/c1-2-24-22-15-19(16-23-20-11-7-4-8-12-20)13-14-21(22)25-17-18-9-5-3-6-10-18/h3-15,23H,2,16-17H2,1H3. The minimum absolute atomic E-state index is 0.530. The molecule has 1 N–H and O–H groups in total. The second kappa shape index (κ2) is 8.78. The summed E-state index contributed by atoms with van der Waals surface area (Å²) in [7, 11) is 0. The summed E-state index contributed by atoms with van der Waals surface area (Å²) in [5, 5.41) is 3.41. The highest BCUT2D eigenvalue weighted by molar-refractivity contribution is 5.46. The molecule has 0 aliphatic carbocycles. The van der Waals surface area contributed by atoms with Crippen LogP contribution < -0.4 is 14.8 Å². The molecule has 0 bridgehead atoms. The molecule has 0 fully saturated rings. The number of benzene rings is 3. The van der Waals surface area contributed by atoms with Crippen LogP contribution in [0.15, 0.2) is 78.9 Å². The molecule has 0 amide bonds. The van der Waals surface area contributed by atoms with Gasteiger partial charge in [0.1, 0.15) is 6.61 Å². The molecular weight excluding hydrogens is 310 g/mol. The summed E-state index contributed by atoms with van der Waals surface area (Å²) in [5.41, 5.74) is 3.39. The van der Waals surface area contributed by atoms with Gasteiger partial charge in [-0.3, -0.25) is 0 Å². The highest BCUT2D eigenvalue weighted by Crippen LogP contribution is 2.29. The molecule has 0 atom stereocenters. The van der Waals surface area contributed by atoms with Crippen LogP contribution in [-0.2, 0) is 13.2 Å². The molecule has 3 aromatic rings. The van der Waals surface area contributed by atoms with E-state index in [0.717, 1.165) is 34.9 Å². The van der Waals surface area contributed by atoms with E-state index in [1.165, 1.54) is 0 Å². The molecule has 0 spiro atoms. The Morgan fingerprint density at radius 2 is 1.44 bits per heavy atom. The first-order valence-corrected chi connectivity index (χ1v) is 8.56. The van der Waals surface area contributed by atoms with E-state index in [9.17, 15) is 0 Å². The van der Waals surface area contributed by atoms with Gasteiger partial charge in [-0.25, -0.2) is 0 Å². The first kappa shape index (κ1) is 16.9. The van der Waals surface area contributed by atoms with Crippen molar-refractivity contribution in [3.8, 4) is 11.5 Å². The van der Waals surface area contributed by atoms with Crippen LogP contribution in [0.5, 0.6) is 11.5 Å². The van der Waals surface area contributed by atoms with E-state index in [4.69, 9.17) is 9.47 Å². The van der Waals surface area contributed by atoms with Crippen LogP contribution in [0.2, 0.25) is 0 Å². The fourth-order valence-corrected chi connectivity index (χ4v) is 2.55. The summed E-state index contributed by atoms with van der Waals surface area (Å²) in [6, 6.07) is 26.4. The summed E-state index contributed by atoms with van der Waals surface area (Å²) in [5.74, 6) is 1.56. The molecule has 3 rings (SSSR count). The Morgan fingerprint density at radius 1 is 0.720 bits per heavy atom. The van der Waals surface area contributed by atoms with Gasteiger partial charge in [0.25, 0.3) is 0 Å². The topological polar surface area (TPSA) is 30.5 Å². The fraction of sp³-hybridized carbons (Fsp3) is 0.182. The molecule has 0 aliphatic rings. The van der Waals surface area contributed by atoms with Gasteiger partial charge in [0, 0.05) is 12.2 Å². The smallest absolute Gasteiger partial charge is 0.161 e. The van der Waals surface area contributed by atoms with Crippen LogP contribution in [0.4, 0.5) is 5.69 Å². The lowest BCUT2D eigenvalue weighted by Crippen LogP contribution is -2.03. The summed E-state index contributed by atoms with van der Waals surface area (Å²) in [6.07, 6.45) is 0. The third-order valence-corrected chi connectivity index (χ3v) is 3.82. The SMILES string of the molecule is CCOc1cc(CNc2ccccc2)ccc1OCc1ccccc1. The van der Waals surface area contributed by atoms with E-state index in [1.54, 1.807) is 0 Å². The zero-order valence-electron chi connectivity index (χ0n) is 14.4. The van der Waals surface area contributed by atoms with Crippen LogP contribution in [0.1, 0.15) is 18.1 Å². The predicted molar refractivity (Wildman–Crippen MR) is 102 cm³/mol. The Labute approximate surface area is 149 Å². The molecule has 25 heavy (non-hydrogen) atoms. The van der Waals surface area contributed by atoms with Crippen LogP contribution in [-0.4, -0.2) is 6.61 Å². The zero-order valence-corrected chi connectivity index (χ0v) is 14.4. The van der Waals surface area contributed by atoms with Crippen molar-refractivity contribution < 1.29 is 9.47 Å². The Morgan fingerprint density at radius 3 is 2.16 bits per heavy atom. The number of ether oxygens (including phenoxy) is 2. The number of rotatable bonds is 8. The number of hydrogen-bond donors (Lipinski definition) is 1. The van der Waals surface area contributed by atoms with Crippen LogP contribution in [0.3, 0.4) is 0 Å². The predicted octanol–water partition coefficient (Wildman–Crippen LogP) is 5.28. The van der Waals surface area contributed by atoms with E-state index in [-0.39, 0.29) is 0 Å². The van der Waals surface area contributed by atoms with Gasteiger partial charge in [0.05, 0.1) is 6.61 Å². The molecule has 3 heteroatoms. The number of hydrogen-bond acceptors (Lipinski definition) is 3. The highest BCUT2D eigenvalue weighted by Gasteiger charge is 2.07. The molecule has 0 unspecified atom stereocenters. The quantitative estimate of drug-likeness (QED) is 0.608. The Kier molecular flexibility index (Phi) is 5.94. The molecule has 0 saturated heterocycles. The van der Waals surface area contributed by atoms with E-state index in [2.05, 4.69) is 35.6 Å². The number of nitrogens with one attached hydrogen (secondary N) is 1. The minimum Gasteiger partial charge on any atom is -0.490 e. The highest BCUT2D eigenvalue weighted by atomic mass is 16.5. The molecule has 0 saturated carbocycles.